The van der Waals surface area contributed by atoms with Gasteiger partial charge in [0, 0.05) is 0 Å². The Balaban J connectivity index is 1.83. The lowest BCUT2D eigenvalue weighted by Crippen LogP contribution is -2.60. The number of amides is 6. The molecular formula is C23H44N10O3. The second-order valence-corrected chi connectivity index (χ2v) is 11.7. The van der Waals surface area contributed by atoms with Crippen LogP contribution in [-0.2, 0) is 0 Å². The highest BCUT2D eigenvalue weighted by Crippen LogP contribution is 2.31. The largest absolute Gasteiger partial charge is 0.352 e. The lowest BCUT2D eigenvalue weighted by atomic mass is 9.89. The van der Waals surface area contributed by atoms with Gasteiger partial charge in [-0.05, 0) is 92.9 Å². The molecule has 6 N–H and O–H groups in total. The van der Waals surface area contributed by atoms with E-state index in [1.165, 1.54) is 0 Å². The minimum Gasteiger partial charge on any atom is -0.311 e. The van der Waals surface area contributed by atoms with Crippen LogP contribution in [0.5, 0.6) is 0 Å². The van der Waals surface area contributed by atoms with E-state index in [2.05, 4.69) is 52.8 Å². The van der Waals surface area contributed by atoms with Crippen LogP contribution in [0.4, 0.5) is 14.4 Å². The number of hydrazine groups is 2. The Hall–Kier alpha value is -2.99. The van der Waals surface area contributed by atoms with Crippen molar-refractivity contribution >= 4 is 18.1 Å². The molecule has 13 heteroatoms. The average Bonchev–Trinajstić information content (AvgIpc) is 2.79. The van der Waals surface area contributed by atoms with Crippen molar-refractivity contribution in [3.8, 4) is 0 Å². The number of nitrogens with one attached hydrogen (secondary N) is 6. The van der Waals surface area contributed by atoms with Crippen LogP contribution < -0.4 is 32.3 Å². The first-order chi connectivity index (χ1) is 16.7. The Labute approximate surface area is 213 Å². The lowest BCUT2D eigenvalue weighted by Gasteiger charge is -2.34. The van der Waals surface area contributed by atoms with Crippen molar-refractivity contribution in [2.75, 3.05) is 0 Å². The van der Waals surface area contributed by atoms with Gasteiger partial charge in [0.05, 0.1) is 11.1 Å². The van der Waals surface area contributed by atoms with Crippen molar-refractivity contribution in [3.05, 3.63) is 0 Å². The molecule has 0 atom stereocenters. The van der Waals surface area contributed by atoms with Gasteiger partial charge in [0.1, 0.15) is 0 Å². The summed E-state index contributed by atoms with van der Waals surface area (Å²) in [6.07, 6.45) is 8.52. The zero-order chi connectivity index (χ0) is 26.9. The molecule has 0 bridgehead atoms. The molecule has 13 nitrogen and oxygen atoms in total. The van der Waals surface area contributed by atoms with Crippen LogP contribution in [0, 0.1) is 0 Å². The summed E-state index contributed by atoms with van der Waals surface area (Å²) in [4.78, 5) is 37.0. The maximum atomic E-state index is 12.5. The fourth-order valence-corrected chi connectivity index (χ4v) is 4.01. The van der Waals surface area contributed by atoms with E-state index in [9.17, 15) is 14.4 Å². The first kappa shape index (κ1) is 29.2. The molecule has 0 aliphatic heterocycles. The van der Waals surface area contributed by atoms with E-state index in [1.807, 2.05) is 41.5 Å². The number of carbonyl (C=O) groups excluding carboxylic acids is 3. The third kappa shape index (κ3) is 10.7. The highest BCUT2D eigenvalue weighted by atomic mass is 16.2. The lowest BCUT2D eigenvalue weighted by molar-refractivity contribution is 0.189. The summed E-state index contributed by atoms with van der Waals surface area (Å²) in [5, 5.41) is 23.3. The number of carbonyl (C=O) groups is 3. The highest BCUT2D eigenvalue weighted by molar-refractivity contribution is 5.83. The maximum absolute atomic E-state index is 12.5. The van der Waals surface area contributed by atoms with Crippen LogP contribution in [0.15, 0.2) is 20.5 Å². The number of hydrogen-bond donors (Lipinski definition) is 6. The Morgan fingerprint density at radius 2 is 0.833 bits per heavy atom. The topological polar surface area (TPSA) is 173 Å². The first-order valence-electron chi connectivity index (χ1n) is 12.8. The maximum Gasteiger partial charge on any atom is 0.352 e. The van der Waals surface area contributed by atoms with Gasteiger partial charge in [-0.25, -0.2) is 36.1 Å². The van der Waals surface area contributed by atoms with Crippen molar-refractivity contribution in [1.82, 2.24) is 32.3 Å². The van der Waals surface area contributed by atoms with E-state index in [0.717, 1.165) is 38.5 Å². The second-order valence-electron chi connectivity index (χ2n) is 11.7. The molecule has 2 saturated carbocycles. The number of azo groups is 2. The van der Waals surface area contributed by atoms with Crippen LogP contribution in [0.2, 0.25) is 0 Å². The molecule has 0 heterocycles. The molecular weight excluding hydrogens is 464 g/mol. The van der Waals surface area contributed by atoms with E-state index in [4.69, 9.17) is 0 Å². The summed E-state index contributed by atoms with van der Waals surface area (Å²) in [5.41, 5.74) is 6.64. The second kappa shape index (κ2) is 12.3. The number of urea groups is 3. The van der Waals surface area contributed by atoms with Gasteiger partial charge in [-0.1, -0.05) is 12.8 Å². The minimum absolute atomic E-state index is 0.364. The Bertz CT molecular complexity index is 751. The minimum atomic E-state index is -0.816. The van der Waals surface area contributed by atoms with E-state index in [-0.39, 0.29) is 11.1 Å². The van der Waals surface area contributed by atoms with Crippen LogP contribution >= 0.6 is 0 Å². The smallest absolute Gasteiger partial charge is 0.311 e. The van der Waals surface area contributed by atoms with Gasteiger partial charge >= 0.3 is 18.1 Å². The van der Waals surface area contributed by atoms with Crippen LogP contribution in [-0.4, -0.2) is 40.5 Å². The summed E-state index contributed by atoms with van der Waals surface area (Å²) in [6.45, 7) is 11.6. The van der Waals surface area contributed by atoms with E-state index in [0.29, 0.717) is 25.7 Å². The monoisotopic (exact) mass is 508 g/mol. The van der Waals surface area contributed by atoms with Crippen LogP contribution in [0.3, 0.4) is 0 Å². The molecule has 6 amide bonds. The van der Waals surface area contributed by atoms with Crippen LogP contribution in [0.1, 0.15) is 106 Å². The van der Waals surface area contributed by atoms with Crippen molar-refractivity contribution in [2.24, 2.45) is 20.5 Å². The molecule has 204 valence electrons. The summed E-state index contributed by atoms with van der Waals surface area (Å²) < 4.78 is 0. The quantitative estimate of drug-likeness (QED) is 0.242. The summed E-state index contributed by atoms with van der Waals surface area (Å²) in [6, 6.07) is -2.05. The molecule has 0 aromatic carbocycles. The molecule has 0 aromatic heterocycles. The first-order valence-corrected chi connectivity index (χ1v) is 12.8. The average molecular weight is 509 g/mol. The third-order valence-corrected chi connectivity index (χ3v) is 5.72. The van der Waals surface area contributed by atoms with Crippen molar-refractivity contribution in [3.63, 3.8) is 0 Å². The van der Waals surface area contributed by atoms with Gasteiger partial charge in [0.25, 0.3) is 0 Å². The van der Waals surface area contributed by atoms with Crippen molar-refractivity contribution in [1.29, 1.82) is 0 Å². The summed E-state index contributed by atoms with van der Waals surface area (Å²) in [5.74, 6) is 0. The van der Waals surface area contributed by atoms with Gasteiger partial charge < -0.3 is 10.6 Å². The number of nitrogens with zero attached hydrogens (tertiary/aromatic N) is 4. The van der Waals surface area contributed by atoms with E-state index in [1.54, 1.807) is 0 Å². The highest BCUT2D eigenvalue weighted by Gasteiger charge is 2.35. The summed E-state index contributed by atoms with van der Waals surface area (Å²) in [7, 11) is 0. The van der Waals surface area contributed by atoms with Crippen LogP contribution in [0.25, 0.3) is 0 Å². The number of rotatable bonds is 4. The fraction of sp³-hybridized carbons (Fsp3) is 0.870. The van der Waals surface area contributed by atoms with E-state index < -0.39 is 29.4 Å². The Morgan fingerprint density at radius 3 is 1.14 bits per heavy atom. The molecule has 36 heavy (non-hydrogen) atoms. The van der Waals surface area contributed by atoms with Gasteiger partial charge in [0.15, 0.2) is 11.3 Å². The molecule has 2 fully saturated rings. The molecule has 0 unspecified atom stereocenters. The van der Waals surface area contributed by atoms with Gasteiger partial charge in [0.2, 0.25) is 0 Å². The fourth-order valence-electron chi connectivity index (χ4n) is 4.01. The predicted octanol–water partition coefficient (Wildman–Crippen LogP) is 4.54. The molecule has 0 aromatic rings. The van der Waals surface area contributed by atoms with Crippen molar-refractivity contribution < 1.29 is 14.4 Å². The zero-order valence-corrected chi connectivity index (χ0v) is 22.6. The predicted molar refractivity (Wildman–Crippen MR) is 136 cm³/mol. The normalized spacial score (nSPS) is 19.9. The number of hydrogen-bond acceptors (Lipinski definition) is 7. The van der Waals surface area contributed by atoms with Gasteiger partial charge in [-0.15, -0.1) is 0 Å². The van der Waals surface area contributed by atoms with Crippen molar-refractivity contribution in [2.45, 2.75) is 128 Å². The molecule has 0 spiro atoms. The van der Waals surface area contributed by atoms with Gasteiger partial charge in [-0.3, -0.25) is 0 Å². The Morgan fingerprint density at radius 1 is 0.528 bits per heavy atom. The molecule has 0 saturated heterocycles. The standard InChI is InChI=1S/C23H44N10O3/c1-20(2,3)30-32-22(13-9-7-10-14-22)24-17(34)26-28-19(36)29-27-18(35)25-23(15-11-8-12-16-23)33-31-21(4,5)6/h7-16H2,1-6H3,(H2,24,26,34)(H2,25,27,35)(H2,28,29,36). The summed E-state index contributed by atoms with van der Waals surface area (Å²) >= 11 is 0. The third-order valence-electron chi connectivity index (χ3n) is 5.72. The molecule has 0 radical (unpaired) electrons. The molecule has 2 aliphatic rings. The zero-order valence-electron chi connectivity index (χ0n) is 22.6. The Kier molecular flexibility index (Phi) is 10.00. The van der Waals surface area contributed by atoms with E-state index >= 15 is 0 Å². The molecule has 2 aliphatic carbocycles. The molecule has 2 rings (SSSR count). The van der Waals surface area contributed by atoms with Gasteiger partial charge in [-0.2, -0.15) is 20.5 Å². The SMILES string of the molecule is CC(C)(C)N=NC1(NC(=O)NNC(=O)NNC(=O)NC2(N=NC(C)(C)C)CCCCC2)CCCCC1.